The molecule has 0 unspecified atom stereocenters. The topological polar surface area (TPSA) is 6.48 Å². The maximum Gasteiger partial charge on any atom is 0.0410 e. The van der Waals surface area contributed by atoms with Gasteiger partial charge in [0.15, 0.2) is 0 Å². The Morgan fingerprint density at radius 3 is 1.57 bits per heavy atom. The van der Waals surface area contributed by atoms with Gasteiger partial charge in [-0.15, -0.1) is 0 Å². The van der Waals surface area contributed by atoms with Crippen molar-refractivity contribution in [1.82, 2.24) is 0 Å². The summed E-state index contributed by atoms with van der Waals surface area (Å²) in [6, 6.07) is 27.6. The third-order valence-corrected chi connectivity index (χ3v) is 4.16. The van der Waals surface area contributed by atoms with E-state index in [9.17, 15) is 0 Å². The van der Waals surface area contributed by atoms with Gasteiger partial charge in [-0.25, -0.2) is 0 Å². The van der Waals surface area contributed by atoms with Gasteiger partial charge in [0.2, 0.25) is 0 Å². The minimum Gasteiger partial charge on any atom is -0.345 e. The summed E-state index contributed by atoms with van der Waals surface area (Å²) >= 11 is 0. The van der Waals surface area contributed by atoms with Crippen LogP contribution in [0.3, 0.4) is 0 Å². The fourth-order valence-corrected chi connectivity index (χ4v) is 2.69. The van der Waals surface area contributed by atoms with Crippen LogP contribution in [0, 0.1) is 6.92 Å². The van der Waals surface area contributed by atoms with Crippen LogP contribution in [0.15, 0.2) is 78.9 Å². The number of aryl methyl sites for hydroxylation is 1. The van der Waals surface area contributed by atoms with Crippen molar-refractivity contribution in [2.45, 2.75) is 6.92 Å². The molecule has 0 amide bonds. The molecular formula is C21H22N2. The third kappa shape index (κ3) is 3.37. The van der Waals surface area contributed by atoms with E-state index < -0.39 is 0 Å². The van der Waals surface area contributed by atoms with Crippen molar-refractivity contribution in [3.05, 3.63) is 84.4 Å². The van der Waals surface area contributed by atoms with Gasteiger partial charge >= 0.3 is 0 Å². The third-order valence-electron chi connectivity index (χ3n) is 4.16. The number of hydrogen-bond donors (Lipinski definition) is 0. The summed E-state index contributed by atoms with van der Waals surface area (Å²) in [5.41, 5.74) is 6.02. The van der Waals surface area contributed by atoms with Crippen molar-refractivity contribution >= 4 is 22.7 Å². The lowest BCUT2D eigenvalue weighted by atomic mass is 10.2. The Kier molecular flexibility index (Phi) is 4.33. The Morgan fingerprint density at radius 2 is 1.00 bits per heavy atom. The average molecular weight is 302 g/mol. The predicted octanol–water partition coefficient (Wildman–Crippen LogP) is 5.53. The van der Waals surface area contributed by atoms with Crippen LogP contribution in [0.4, 0.5) is 22.7 Å². The molecule has 0 N–H and O–H groups in total. The second-order valence-corrected chi connectivity index (χ2v) is 5.81. The van der Waals surface area contributed by atoms with Crippen LogP contribution in [-0.2, 0) is 0 Å². The van der Waals surface area contributed by atoms with E-state index in [0.29, 0.717) is 0 Å². The van der Waals surface area contributed by atoms with Gasteiger partial charge in [-0.05, 0) is 61.0 Å². The highest BCUT2D eigenvalue weighted by molar-refractivity contribution is 5.68. The van der Waals surface area contributed by atoms with E-state index in [-0.39, 0.29) is 0 Å². The molecule has 2 nitrogen and oxygen atoms in total. The fraction of sp³-hybridized carbons (Fsp3) is 0.143. The molecule has 3 rings (SSSR count). The Hall–Kier alpha value is -2.74. The Balaban J connectivity index is 1.82. The normalized spacial score (nSPS) is 10.4. The molecule has 0 aliphatic heterocycles. The molecule has 0 aliphatic carbocycles. The maximum absolute atomic E-state index is 2.21. The lowest BCUT2D eigenvalue weighted by Crippen LogP contribution is -2.11. The van der Waals surface area contributed by atoms with Crippen LogP contribution >= 0.6 is 0 Å². The lowest BCUT2D eigenvalue weighted by Gasteiger charge is -2.23. The molecule has 0 fully saturated rings. The summed E-state index contributed by atoms with van der Waals surface area (Å²) in [5, 5.41) is 0. The molecule has 0 aromatic heterocycles. The largest absolute Gasteiger partial charge is 0.345 e. The van der Waals surface area contributed by atoms with Crippen molar-refractivity contribution in [3.63, 3.8) is 0 Å². The molecule has 0 spiro atoms. The van der Waals surface area contributed by atoms with Crippen molar-refractivity contribution in [1.29, 1.82) is 0 Å². The summed E-state index contributed by atoms with van der Waals surface area (Å²) < 4.78 is 0. The summed E-state index contributed by atoms with van der Waals surface area (Å²) in [7, 11) is 4.19. The van der Waals surface area contributed by atoms with E-state index in [4.69, 9.17) is 0 Å². The molecule has 3 aromatic carbocycles. The molecule has 23 heavy (non-hydrogen) atoms. The minimum atomic E-state index is 1.18. The molecule has 0 aliphatic rings. The zero-order chi connectivity index (χ0) is 16.2. The number of para-hydroxylation sites is 1. The Bertz CT molecular complexity index is 763. The van der Waals surface area contributed by atoms with Gasteiger partial charge in [0.25, 0.3) is 0 Å². The quantitative estimate of drug-likeness (QED) is 0.625. The monoisotopic (exact) mass is 302 g/mol. The number of anilines is 4. The fourth-order valence-electron chi connectivity index (χ4n) is 2.69. The van der Waals surface area contributed by atoms with Gasteiger partial charge in [0, 0.05) is 36.8 Å². The Labute approximate surface area is 138 Å². The van der Waals surface area contributed by atoms with E-state index in [2.05, 4.69) is 104 Å². The molecule has 0 saturated heterocycles. The maximum atomic E-state index is 2.21. The molecule has 0 heterocycles. The number of benzene rings is 3. The van der Waals surface area contributed by atoms with E-state index in [1.165, 1.54) is 28.3 Å². The highest BCUT2D eigenvalue weighted by Gasteiger charge is 2.06. The lowest BCUT2D eigenvalue weighted by molar-refractivity contribution is 1.18. The van der Waals surface area contributed by atoms with E-state index in [1.807, 2.05) is 6.07 Å². The van der Waals surface area contributed by atoms with Crippen LogP contribution in [0.2, 0.25) is 0 Å². The number of rotatable bonds is 4. The van der Waals surface area contributed by atoms with Crippen LogP contribution in [-0.4, -0.2) is 14.1 Å². The van der Waals surface area contributed by atoms with Crippen LogP contribution in [0.5, 0.6) is 0 Å². The summed E-state index contributed by atoms with van der Waals surface area (Å²) in [6.07, 6.45) is 0. The first-order valence-corrected chi connectivity index (χ1v) is 7.84. The van der Waals surface area contributed by atoms with Crippen molar-refractivity contribution in [2.75, 3.05) is 23.9 Å². The SMILES string of the molecule is Cc1cccc(N(C)c2ccc(N(C)c3ccccc3)cc2)c1. The van der Waals surface area contributed by atoms with E-state index in [0.717, 1.165) is 0 Å². The molecular weight excluding hydrogens is 280 g/mol. The molecule has 3 aromatic rings. The molecule has 2 heteroatoms. The zero-order valence-corrected chi connectivity index (χ0v) is 13.9. The zero-order valence-electron chi connectivity index (χ0n) is 13.9. The molecule has 0 saturated carbocycles. The molecule has 0 radical (unpaired) electrons. The van der Waals surface area contributed by atoms with Gasteiger partial charge in [0.1, 0.15) is 0 Å². The van der Waals surface area contributed by atoms with E-state index in [1.54, 1.807) is 0 Å². The van der Waals surface area contributed by atoms with Crippen molar-refractivity contribution < 1.29 is 0 Å². The minimum absolute atomic E-state index is 1.18. The van der Waals surface area contributed by atoms with Crippen molar-refractivity contribution in [3.8, 4) is 0 Å². The standard InChI is InChI=1S/C21H22N2/c1-17-8-7-11-21(16-17)23(3)20-14-12-19(13-15-20)22(2)18-9-5-4-6-10-18/h4-16H,1-3H3. The summed E-state index contributed by atoms with van der Waals surface area (Å²) in [5.74, 6) is 0. The van der Waals surface area contributed by atoms with Crippen LogP contribution in [0.1, 0.15) is 5.56 Å². The smallest absolute Gasteiger partial charge is 0.0410 e. The van der Waals surface area contributed by atoms with Gasteiger partial charge in [-0.2, -0.15) is 0 Å². The molecule has 0 bridgehead atoms. The highest BCUT2D eigenvalue weighted by Crippen LogP contribution is 2.28. The first-order chi connectivity index (χ1) is 11.1. The number of nitrogens with zero attached hydrogens (tertiary/aromatic N) is 2. The van der Waals surface area contributed by atoms with Crippen molar-refractivity contribution in [2.24, 2.45) is 0 Å². The van der Waals surface area contributed by atoms with E-state index >= 15 is 0 Å². The second-order valence-electron chi connectivity index (χ2n) is 5.81. The summed E-state index contributed by atoms with van der Waals surface area (Å²) in [6.45, 7) is 2.12. The average Bonchev–Trinajstić information content (AvgIpc) is 2.61. The predicted molar refractivity (Wildman–Crippen MR) is 100 cm³/mol. The van der Waals surface area contributed by atoms with Gasteiger partial charge in [-0.1, -0.05) is 30.3 Å². The number of hydrogen-bond acceptors (Lipinski definition) is 2. The van der Waals surface area contributed by atoms with Crippen LogP contribution in [0.25, 0.3) is 0 Å². The van der Waals surface area contributed by atoms with Gasteiger partial charge in [-0.3, -0.25) is 0 Å². The molecule has 116 valence electrons. The summed E-state index contributed by atoms with van der Waals surface area (Å²) in [4.78, 5) is 4.40. The highest BCUT2D eigenvalue weighted by atomic mass is 15.1. The Morgan fingerprint density at radius 1 is 0.522 bits per heavy atom. The molecule has 0 atom stereocenters. The second kappa shape index (κ2) is 6.57. The first kappa shape index (κ1) is 15.2. The first-order valence-electron chi connectivity index (χ1n) is 7.84. The van der Waals surface area contributed by atoms with Crippen LogP contribution < -0.4 is 9.80 Å². The van der Waals surface area contributed by atoms with Gasteiger partial charge in [0.05, 0.1) is 0 Å². The van der Waals surface area contributed by atoms with Gasteiger partial charge < -0.3 is 9.80 Å².